The number of rotatable bonds is 1. The predicted octanol–water partition coefficient (Wildman–Crippen LogP) is 2.69. The van der Waals surface area contributed by atoms with Crippen molar-refractivity contribution in [1.29, 1.82) is 0 Å². The Morgan fingerprint density at radius 3 is 3.12 bits per heavy atom. The van der Waals surface area contributed by atoms with Crippen LogP contribution in [0.3, 0.4) is 0 Å². The van der Waals surface area contributed by atoms with E-state index in [2.05, 4.69) is 31.1 Å². The quantitative estimate of drug-likeness (QED) is 0.863. The lowest BCUT2D eigenvalue weighted by molar-refractivity contribution is 0.340. The fourth-order valence-corrected chi connectivity index (χ4v) is 3.61. The molecule has 5 heteroatoms. The summed E-state index contributed by atoms with van der Waals surface area (Å²) in [6.45, 7) is 3.25. The van der Waals surface area contributed by atoms with Crippen LogP contribution in [0.15, 0.2) is 16.7 Å². The second kappa shape index (κ2) is 4.75. The second-order valence-corrected chi connectivity index (χ2v) is 6.15. The highest BCUT2D eigenvalue weighted by Crippen LogP contribution is 2.32. The van der Waals surface area contributed by atoms with Crippen molar-refractivity contribution in [2.45, 2.75) is 18.9 Å². The maximum Gasteiger partial charge on any atom is 0.147 e. The third kappa shape index (κ3) is 2.30. The molecule has 2 fully saturated rings. The molecule has 1 aromatic rings. The zero-order chi connectivity index (χ0) is 11.8. The Balaban J connectivity index is 1.81. The first-order chi connectivity index (χ1) is 8.24. The number of fused-ring (bicyclic) bond motifs is 1. The van der Waals surface area contributed by atoms with Crippen LogP contribution in [0.2, 0.25) is 5.02 Å². The molecular formula is C12H15BrClN3. The Morgan fingerprint density at radius 1 is 1.47 bits per heavy atom. The monoisotopic (exact) mass is 315 g/mol. The normalized spacial score (nSPS) is 28.2. The molecule has 2 aliphatic heterocycles. The van der Waals surface area contributed by atoms with E-state index in [0.29, 0.717) is 6.04 Å². The van der Waals surface area contributed by atoms with Gasteiger partial charge in [-0.25, -0.2) is 4.98 Å². The van der Waals surface area contributed by atoms with Crippen molar-refractivity contribution in [1.82, 2.24) is 10.3 Å². The van der Waals surface area contributed by atoms with E-state index in [9.17, 15) is 0 Å². The third-order valence-electron chi connectivity index (χ3n) is 3.69. The van der Waals surface area contributed by atoms with Crippen LogP contribution >= 0.6 is 27.5 Å². The van der Waals surface area contributed by atoms with Gasteiger partial charge in [0.25, 0.3) is 0 Å². The highest BCUT2D eigenvalue weighted by atomic mass is 79.9. The molecule has 1 aromatic heterocycles. The third-order valence-corrected chi connectivity index (χ3v) is 4.40. The summed E-state index contributed by atoms with van der Waals surface area (Å²) in [4.78, 5) is 6.74. The van der Waals surface area contributed by atoms with Crippen LogP contribution in [0, 0.1) is 5.92 Å². The van der Waals surface area contributed by atoms with Gasteiger partial charge in [-0.1, -0.05) is 11.6 Å². The first kappa shape index (κ1) is 11.8. The van der Waals surface area contributed by atoms with E-state index in [0.717, 1.165) is 40.9 Å². The standard InChI is InChI=1S/C12H15BrClN3/c13-9-4-10(14)12(16-5-9)17-6-8-2-1-3-15-11(8)7-17/h4-5,8,11,15H,1-3,6-7H2. The molecule has 0 saturated carbocycles. The molecule has 92 valence electrons. The van der Waals surface area contributed by atoms with Gasteiger partial charge in [0.15, 0.2) is 0 Å². The summed E-state index contributed by atoms with van der Waals surface area (Å²) in [5.41, 5.74) is 0. The van der Waals surface area contributed by atoms with Crippen LogP contribution in [0.4, 0.5) is 5.82 Å². The predicted molar refractivity (Wildman–Crippen MR) is 73.7 cm³/mol. The lowest BCUT2D eigenvalue weighted by atomic mass is 9.94. The molecule has 0 radical (unpaired) electrons. The van der Waals surface area contributed by atoms with Crippen molar-refractivity contribution in [3.8, 4) is 0 Å². The van der Waals surface area contributed by atoms with Crippen molar-refractivity contribution < 1.29 is 0 Å². The number of halogens is 2. The molecule has 2 atom stereocenters. The molecule has 1 N–H and O–H groups in total. The summed E-state index contributed by atoms with van der Waals surface area (Å²) < 4.78 is 0.931. The maximum atomic E-state index is 6.25. The number of piperidine rings is 1. The van der Waals surface area contributed by atoms with E-state index in [-0.39, 0.29) is 0 Å². The van der Waals surface area contributed by atoms with Crippen molar-refractivity contribution in [2.24, 2.45) is 5.92 Å². The van der Waals surface area contributed by atoms with Gasteiger partial charge in [0.05, 0.1) is 5.02 Å². The minimum atomic E-state index is 0.616. The smallest absolute Gasteiger partial charge is 0.147 e. The minimum Gasteiger partial charge on any atom is -0.353 e. The zero-order valence-corrected chi connectivity index (χ0v) is 11.8. The van der Waals surface area contributed by atoms with Crippen molar-refractivity contribution in [3.05, 3.63) is 21.8 Å². The van der Waals surface area contributed by atoms with Crippen molar-refractivity contribution >= 4 is 33.3 Å². The lowest BCUT2D eigenvalue weighted by Gasteiger charge is -2.24. The molecule has 2 aliphatic rings. The molecule has 0 aliphatic carbocycles. The van der Waals surface area contributed by atoms with Crippen LogP contribution in [0.1, 0.15) is 12.8 Å². The van der Waals surface area contributed by atoms with Gasteiger partial charge in [-0.2, -0.15) is 0 Å². The van der Waals surface area contributed by atoms with Gasteiger partial charge in [0.1, 0.15) is 5.82 Å². The van der Waals surface area contributed by atoms with Crippen LogP contribution < -0.4 is 10.2 Å². The molecule has 3 heterocycles. The van der Waals surface area contributed by atoms with E-state index < -0.39 is 0 Å². The SMILES string of the molecule is Clc1cc(Br)cnc1N1CC2CCCNC2C1. The summed E-state index contributed by atoms with van der Waals surface area (Å²) in [5, 5.41) is 4.32. The first-order valence-corrected chi connectivity index (χ1v) is 7.20. The van der Waals surface area contributed by atoms with Crippen LogP contribution in [0.5, 0.6) is 0 Å². The van der Waals surface area contributed by atoms with Gasteiger partial charge in [-0.15, -0.1) is 0 Å². The molecule has 2 unspecified atom stereocenters. The van der Waals surface area contributed by atoms with Gasteiger partial charge in [0, 0.05) is 29.8 Å². The zero-order valence-electron chi connectivity index (χ0n) is 9.50. The van der Waals surface area contributed by atoms with E-state index in [1.165, 1.54) is 12.8 Å². The van der Waals surface area contributed by atoms with Gasteiger partial charge in [-0.05, 0) is 47.3 Å². The fraction of sp³-hybridized carbons (Fsp3) is 0.583. The molecule has 0 spiro atoms. The number of nitrogens with zero attached hydrogens (tertiary/aromatic N) is 2. The summed E-state index contributed by atoms with van der Waals surface area (Å²) >= 11 is 9.64. The molecule has 17 heavy (non-hydrogen) atoms. The highest BCUT2D eigenvalue weighted by Gasteiger charge is 2.35. The largest absolute Gasteiger partial charge is 0.353 e. The average molecular weight is 317 g/mol. The van der Waals surface area contributed by atoms with Gasteiger partial charge in [-0.3, -0.25) is 0 Å². The van der Waals surface area contributed by atoms with Gasteiger partial charge in [0.2, 0.25) is 0 Å². The second-order valence-electron chi connectivity index (χ2n) is 4.83. The fourth-order valence-electron chi connectivity index (χ4n) is 2.86. The number of hydrogen-bond acceptors (Lipinski definition) is 3. The average Bonchev–Trinajstić information content (AvgIpc) is 2.72. The lowest BCUT2D eigenvalue weighted by Crippen LogP contribution is -2.40. The van der Waals surface area contributed by atoms with Gasteiger partial charge >= 0.3 is 0 Å². The molecule has 0 aromatic carbocycles. The van der Waals surface area contributed by atoms with Crippen molar-refractivity contribution in [2.75, 3.05) is 24.5 Å². The Bertz CT molecular complexity index is 412. The summed E-state index contributed by atoms with van der Waals surface area (Å²) in [6.07, 6.45) is 4.43. The molecule has 3 rings (SSSR count). The number of anilines is 1. The summed E-state index contributed by atoms with van der Waals surface area (Å²) in [5.74, 6) is 1.68. The van der Waals surface area contributed by atoms with E-state index in [1.54, 1.807) is 0 Å². The number of pyridine rings is 1. The highest BCUT2D eigenvalue weighted by molar-refractivity contribution is 9.10. The van der Waals surface area contributed by atoms with Crippen molar-refractivity contribution in [3.63, 3.8) is 0 Å². The van der Waals surface area contributed by atoms with E-state index >= 15 is 0 Å². The van der Waals surface area contributed by atoms with Crippen LogP contribution in [-0.4, -0.2) is 30.7 Å². The number of aromatic nitrogens is 1. The molecule has 2 saturated heterocycles. The number of hydrogen-bond donors (Lipinski definition) is 1. The van der Waals surface area contributed by atoms with Gasteiger partial charge < -0.3 is 10.2 Å². The first-order valence-electron chi connectivity index (χ1n) is 6.03. The molecule has 0 amide bonds. The van der Waals surface area contributed by atoms with Crippen LogP contribution in [0.25, 0.3) is 0 Å². The van der Waals surface area contributed by atoms with E-state index in [1.807, 2.05) is 12.3 Å². The molecule has 3 nitrogen and oxygen atoms in total. The molecule has 0 bridgehead atoms. The van der Waals surface area contributed by atoms with Crippen LogP contribution in [-0.2, 0) is 0 Å². The molecular weight excluding hydrogens is 302 g/mol. The maximum absolute atomic E-state index is 6.25. The Morgan fingerprint density at radius 2 is 2.35 bits per heavy atom. The Labute approximate surface area is 115 Å². The Kier molecular flexibility index (Phi) is 3.28. The number of nitrogens with one attached hydrogen (secondary N) is 1. The Hall–Kier alpha value is -0.320. The van der Waals surface area contributed by atoms with E-state index in [4.69, 9.17) is 11.6 Å². The topological polar surface area (TPSA) is 28.2 Å². The summed E-state index contributed by atoms with van der Waals surface area (Å²) in [6, 6.07) is 2.53. The minimum absolute atomic E-state index is 0.616. The summed E-state index contributed by atoms with van der Waals surface area (Å²) in [7, 11) is 0.